The van der Waals surface area contributed by atoms with Crippen molar-refractivity contribution in [3.05, 3.63) is 30.0 Å². The fraction of sp³-hybridized carbons (Fsp3) is 0.400. The number of nitrogens with one attached hydrogen (secondary N) is 1. The number of carbonyl (C=O) groups excluding carboxylic acids is 1. The van der Waals surface area contributed by atoms with Gasteiger partial charge in [-0.05, 0) is 12.5 Å². The van der Waals surface area contributed by atoms with Crippen molar-refractivity contribution in [1.82, 2.24) is 15.1 Å². The standard InChI is InChI=1S/C15H17N3O4/c1-22-11-5-10(6-13(19)20)18(8-11)15(21)12-4-2-3-9-7-16-17-14(9)12/h2-4,7,10-11H,5-6,8H2,1H3,(H,16,17)(H,19,20). The summed E-state index contributed by atoms with van der Waals surface area (Å²) in [5.74, 6) is -1.11. The molecule has 7 heteroatoms. The summed E-state index contributed by atoms with van der Waals surface area (Å²) in [6, 6.07) is 5.03. The number of amides is 1. The monoisotopic (exact) mass is 303 g/mol. The molecule has 1 aromatic carbocycles. The van der Waals surface area contributed by atoms with Crippen molar-refractivity contribution in [2.45, 2.75) is 25.0 Å². The van der Waals surface area contributed by atoms with Crippen molar-refractivity contribution in [2.24, 2.45) is 0 Å². The van der Waals surface area contributed by atoms with Crippen LogP contribution in [-0.4, -0.2) is 57.9 Å². The van der Waals surface area contributed by atoms with Gasteiger partial charge >= 0.3 is 5.97 Å². The van der Waals surface area contributed by atoms with E-state index in [-0.39, 0.29) is 24.5 Å². The van der Waals surface area contributed by atoms with Gasteiger partial charge in [0, 0.05) is 25.1 Å². The molecule has 7 nitrogen and oxygen atoms in total. The number of aromatic amines is 1. The number of carboxylic acid groups (broad SMARTS) is 1. The molecule has 22 heavy (non-hydrogen) atoms. The van der Waals surface area contributed by atoms with E-state index in [4.69, 9.17) is 9.84 Å². The molecule has 0 aliphatic carbocycles. The van der Waals surface area contributed by atoms with E-state index in [0.717, 1.165) is 5.39 Å². The maximum atomic E-state index is 12.8. The average Bonchev–Trinajstić information content (AvgIpc) is 3.11. The van der Waals surface area contributed by atoms with Gasteiger partial charge in [0.15, 0.2) is 0 Å². The van der Waals surface area contributed by atoms with E-state index in [2.05, 4.69) is 10.2 Å². The molecule has 2 aromatic rings. The number of fused-ring (bicyclic) bond motifs is 1. The molecule has 2 atom stereocenters. The summed E-state index contributed by atoms with van der Waals surface area (Å²) in [6.07, 6.45) is 1.98. The van der Waals surface area contributed by atoms with Gasteiger partial charge in [-0.1, -0.05) is 12.1 Å². The number of hydrogen-bond donors (Lipinski definition) is 2. The van der Waals surface area contributed by atoms with Crippen LogP contribution in [0.1, 0.15) is 23.2 Å². The summed E-state index contributed by atoms with van der Waals surface area (Å²) < 4.78 is 5.30. The highest BCUT2D eigenvalue weighted by molar-refractivity contribution is 6.05. The number of aromatic nitrogens is 2. The summed E-state index contributed by atoms with van der Waals surface area (Å²) in [5.41, 5.74) is 1.17. The highest BCUT2D eigenvalue weighted by atomic mass is 16.5. The molecule has 116 valence electrons. The zero-order valence-electron chi connectivity index (χ0n) is 12.2. The van der Waals surface area contributed by atoms with Crippen LogP contribution < -0.4 is 0 Å². The number of rotatable bonds is 4. The Kier molecular flexibility index (Phi) is 3.81. The Morgan fingerprint density at radius 3 is 3.05 bits per heavy atom. The molecule has 1 aromatic heterocycles. The second-order valence-corrected chi connectivity index (χ2v) is 5.44. The number of H-pyrrole nitrogens is 1. The maximum Gasteiger partial charge on any atom is 0.305 e. The fourth-order valence-corrected chi connectivity index (χ4v) is 2.99. The van der Waals surface area contributed by atoms with Gasteiger partial charge in [-0.2, -0.15) is 5.10 Å². The van der Waals surface area contributed by atoms with Crippen molar-refractivity contribution in [3.8, 4) is 0 Å². The molecule has 0 radical (unpaired) electrons. The maximum absolute atomic E-state index is 12.8. The minimum absolute atomic E-state index is 0.0788. The Bertz CT molecular complexity index is 712. The molecule has 1 saturated heterocycles. The van der Waals surface area contributed by atoms with Crippen LogP contribution in [0.25, 0.3) is 10.9 Å². The number of hydrogen-bond acceptors (Lipinski definition) is 4. The normalized spacial score (nSPS) is 21.4. The van der Waals surface area contributed by atoms with E-state index in [9.17, 15) is 9.59 Å². The van der Waals surface area contributed by atoms with Gasteiger partial charge in [-0.3, -0.25) is 14.7 Å². The van der Waals surface area contributed by atoms with E-state index >= 15 is 0 Å². The van der Waals surface area contributed by atoms with E-state index in [0.29, 0.717) is 24.0 Å². The first-order valence-corrected chi connectivity index (χ1v) is 7.07. The number of carbonyl (C=O) groups is 2. The Hall–Kier alpha value is -2.41. The summed E-state index contributed by atoms with van der Waals surface area (Å²) in [6.45, 7) is 0.401. The molecule has 2 unspecified atom stereocenters. The Labute approximate surface area is 126 Å². The second kappa shape index (κ2) is 5.76. The summed E-state index contributed by atoms with van der Waals surface area (Å²) in [4.78, 5) is 25.5. The summed E-state index contributed by atoms with van der Waals surface area (Å²) >= 11 is 0. The topological polar surface area (TPSA) is 95.5 Å². The molecule has 1 fully saturated rings. The highest BCUT2D eigenvalue weighted by Gasteiger charge is 2.37. The molecule has 1 aliphatic heterocycles. The molecule has 3 rings (SSSR count). The van der Waals surface area contributed by atoms with E-state index in [1.165, 1.54) is 0 Å². The van der Waals surface area contributed by atoms with E-state index in [1.54, 1.807) is 30.3 Å². The number of para-hydroxylation sites is 1. The van der Waals surface area contributed by atoms with Crippen LogP contribution in [0.4, 0.5) is 0 Å². The van der Waals surface area contributed by atoms with Gasteiger partial charge in [-0.25, -0.2) is 0 Å². The van der Waals surface area contributed by atoms with Crippen LogP contribution in [0.5, 0.6) is 0 Å². The molecule has 0 saturated carbocycles. The predicted octanol–water partition coefficient (Wildman–Crippen LogP) is 1.27. The lowest BCUT2D eigenvalue weighted by molar-refractivity contribution is -0.137. The number of aliphatic carboxylic acids is 1. The molecular weight excluding hydrogens is 286 g/mol. The SMILES string of the molecule is COC1CC(CC(=O)O)N(C(=O)c2cccc3cn[nH]c23)C1. The van der Waals surface area contributed by atoms with E-state index < -0.39 is 5.97 Å². The van der Waals surface area contributed by atoms with Gasteiger partial charge in [-0.15, -0.1) is 0 Å². The smallest absolute Gasteiger partial charge is 0.305 e. The second-order valence-electron chi connectivity index (χ2n) is 5.44. The summed E-state index contributed by atoms with van der Waals surface area (Å²) in [7, 11) is 1.58. The van der Waals surface area contributed by atoms with Crippen LogP contribution in [0, 0.1) is 0 Å². The van der Waals surface area contributed by atoms with Crippen LogP contribution in [0.2, 0.25) is 0 Å². The molecule has 0 spiro atoms. The van der Waals surface area contributed by atoms with Crippen molar-refractivity contribution in [1.29, 1.82) is 0 Å². The van der Waals surface area contributed by atoms with Gasteiger partial charge in [0.05, 0.1) is 29.8 Å². The van der Waals surface area contributed by atoms with Crippen molar-refractivity contribution < 1.29 is 19.4 Å². The largest absolute Gasteiger partial charge is 0.481 e. The Morgan fingerprint density at radius 2 is 2.32 bits per heavy atom. The lowest BCUT2D eigenvalue weighted by Crippen LogP contribution is -2.37. The molecule has 1 aliphatic rings. The van der Waals surface area contributed by atoms with Gasteiger partial charge in [0.25, 0.3) is 5.91 Å². The van der Waals surface area contributed by atoms with Crippen molar-refractivity contribution >= 4 is 22.8 Å². The fourth-order valence-electron chi connectivity index (χ4n) is 2.99. The predicted molar refractivity (Wildman–Crippen MR) is 78.6 cm³/mol. The lowest BCUT2D eigenvalue weighted by atomic mass is 10.1. The third-order valence-corrected chi connectivity index (χ3v) is 4.09. The quantitative estimate of drug-likeness (QED) is 0.886. The van der Waals surface area contributed by atoms with Gasteiger partial charge < -0.3 is 14.7 Å². The number of carboxylic acids is 1. The lowest BCUT2D eigenvalue weighted by Gasteiger charge is -2.23. The highest BCUT2D eigenvalue weighted by Crippen LogP contribution is 2.26. The molecular formula is C15H17N3O4. The zero-order chi connectivity index (χ0) is 15.7. The van der Waals surface area contributed by atoms with Crippen LogP contribution in [0.3, 0.4) is 0 Å². The molecule has 2 N–H and O–H groups in total. The minimum atomic E-state index is -0.917. The first-order valence-electron chi connectivity index (χ1n) is 7.07. The van der Waals surface area contributed by atoms with Crippen molar-refractivity contribution in [2.75, 3.05) is 13.7 Å². The van der Waals surface area contributed by atoms with Crippen LogP contribution in [0.15, 0.2) is 24.4 Å². The molecule has 2 heterocycles. The third kappa shape index (κ3) is 2.55. The van der Waals surface area contributed by atoms with E-state index in [1.807, 2.05) is 6.07 Å². The zero-order valence-corrected chi connectivity index (χ0v) is 12.2. The van der Waals surface area contributed by atoms with Gasteiger partial charge in [0.1, 0.15) is 0 Å². The Balaban J connectivity index is 1.92. The average molecular weight is 303 g/mol. The molecule has 1 amide bonds. The number of benzene rings is 1. The third-order valence-electron chi connectivity index (χ3n) is 4.09. The number of methoxy groups -OCH3 is 1. The number of nitrogens with zero attached hydrogens (tertiary/aromatic N) is 2. The Morgan fingerprint density at radius 1 is 1.50 bits per heavy atom. The van der Waals surface area contributed by atoms with Crippen LogP contribution >= 0.6 is 0 Å². The minimum Gasteiger partial charge on any atom is -0.481 e. The first-order chi connectivity index (χ1) is 10.6. The first kappa shape index (κ1) is 14.5. The van der Waals surface area contributed by atoms with Crippen molar-refractivity contribution in [3.63, 3.8) is 0 Å². The van der Waals surface area contributed by atoms with Gasteiger partial charge in [0.2, 0.25) is 0 Å². The van der Waals surface area contributed by atoms with Crippen LogP contribution in [-0.2, 0) is 9.53 Å². The summed E-state index contributed by atoms with van der Waals surface area (Å²) in [5, 5.41) is 16.7. The molecule has 0 bridgehead atoms. The number of ether oxygens (including phenoxy) is 1. The number of likely N-dealkylation sites (tertiary alicyclic amines) is 1.